The van der Waals surface area contributed by atoms with Crippen molar-refractivity contribution in [2.45, 2.75) is 45.8 Å². The Bertz CT molecular complexity index is 950. The largest absolute Gasteiger partial charge is 0.336 e. The molecule has 2 aromatic rings. The smallest absolute Gasteiger partial charge is 0.262 e. The van der Waals surface area contributed by atoms with Crippen LogP contribution >= 0.6 is 11.3 Å². The molecule has 0 radical (unpaired) electrons. The van der Waals surface area contributed by atoms with E-state index in [1.165, 1.54) is 22.2 Å². The van der Waals surface area contributed by atoms with Gasteiger partial charge >= 0.3 is 0 Å². The third kappa shape index (κ3) is 3.05. The lowest BCUT2D eigenvalue weighted by atomic mass is 9.96. The number of fused-ring (bicyclic) bond motifs is 3. The van der Waals surface area contributed by atoms with E-state index in [-0.39, 0.29) is 41.9 Å². The first-order valence-electron chi connectivity index (χ1n) is 9.39. The SMILES string of the molecule is CC(C)C(C)C(=O)N1C[C@@H]2C[C@H]1CN2C(=O)Cn1cnc2sccc2c1=O. The van der Waals surface area contributed by atoms with Crippen LogP contribution in [0.25, 0.3) is 10.2 Å². The van der Waals surface area contributed by atoms with Gasteiger partial charge in [0.25, 0.3) is 5.56 Å². The van der Waals surface area contributed by atoms with E-state index in [4.69, 9.17) is 0 Å². The number of nitrogens with zero attached hydrogens (tertiary/aromatic N) is 4. The molecule has 8 heteroatoms. The molecule has 0 saturated carbocycles. The molecule has 2 aromatic heterocycles. The summed E-state index contributed by atoms with van der Waals surface area (Å²) in [7, 11) is 0. The lowest BCUT2D eigenvalue weighted by Crippen LogP contribution is -2.53. The Hall–Kier alpha value is -2.22. The lowest BCUT2D eigenvalue weighted by molar-refractivity contribution is -0.143. The Kier molecular flexibility index (Phi) is 4.53. The highest BCUT2D eigenvalue weighted by molar-refractivity contribution is 7.16. The molecule has 2 aliphatic rings. The summed E-state index contributed by atoms with van der Waals surface area (Å²) in [6.45, 7) is 7.25. The van der Waals surface area contributed by atoms with Crippen molar-refractivity contribution in [1.29, 1.82) is 0 Å². The van der Waals surface area contributed by atoms with Crippen LogP contribution in [0.3, 0.4) is 0 Å². The van der Waals surface area contributed by atoms with Crippen molar-refractivity contribution in [2.75, 3.05) is 13.1 Å². The van der Waals surface area contributed by atoms with Crippen molar-refractivity contribution >= 4 is 33.4 Å². The second-order valence-corrected chi connectivity index (χ2v) is 8.82. The maximum Gasteiger partial charge on any atom is 0.262 e. The van der Waals surface area contributed by atoms with Gasteiger partial charge < -0.3 is 9.80 Å². The van der Waals surface area contributed by atoms with Gasteiger partial charge in [0, 0.05) is 19.0 Å². The second kappa shape index (κ2) is 6.74. The zero-order chi connectivity index (χ0) is 19.3. The van der Waals surface area contributed by atoms with Gasteiger partial charge in [0.2, 0.25) is 11.8 Å². The van der Waals surface area contributed by atoms with Gasteiger partial charge in [0.05, 0.1) is 23.8 Å². The molecule has 2 fully saturated rings. The van der Waals surface area contributed by atoms with E-state index < -0.39 is 0 Å². The third-order valence-corrected chi connectivity index (χ3v) is 6.81. The number of amides is 2. The van der Waals surface area contributed by atoms with Crippen molar-refractivity contribution in [3.8, 4) is 0 Å². The van der Waals surface area contributed by atoms with Gasteiger partial charge in [-0.05, 0) is 23.8 Å². The summed E-state index contributed by atoms with van der Waals surface area (Å²) in [6, 6.07) is 1.90. The van der Waals surface area contributed by atoms with Gasteiger partial charge in [-0.1, -0.05) is 20.8 Å². The molecule has 2 bridgehead atoms. The lowest BCUT2D eigenvalue weighted by Gasteiger charge is -2.36. The molecule has 2 amide bonds. The Balaban J connectivity index is 1.44. The summed E-state index contributed by atoms with van der Waals surface area (Å²) in [5, 5.41) is 2.38. The number of carbonyl (C=O) groups excluding carboxylic acids is 2. The number of carbonyl (C=O) groups is 2. The summed E-state index contributed by atoms with van der Waals surface area (Å²) in [5.41, 5.74) is -0.179. The highest BCUT2D eigenvalue weighted by atomic mass is 32.1. The van der Waals surface area contributed by atoms with Crippen LogP contribution in [0.1, 0.15) is 27.2 Å². The average Bonchev–Trinajstić information content (AvgIpc) is 3.37. The minimum Gasteiger partial charge on any atom is -0.336 e. The Morgan fingerprint density at radius 3 is 2.59 bits per heavy atom. The van der Waals surface area contributed by atoms with Gasteiger partial charge in [-0.25, -0.2) is 4.98 Å². The molecular formula is C19H24N4O3S. The number of hydrogen-bond donors (Lipinski definition) is 0. The van der Waals surface area contributed by atoms with Crippen LogP contribution < -0.4 is 5.56 Å². The summed E-state index contributed by atoms with van der Waals surface area (Å²) < 4.78 is 1.38. The fourth-order valence-corrected chi connectivity index (χ4v) is 4.75. The van der Waals surface area contributed by atoms with E-state index in [1.807, 2.05) is 22.1 Å². The van der Waals surface area contributed by atoms with E-state index in [0.717, 1.165) is 6.42 Å². The minimum absolute atomic E-state index is 0.00279. The van der Waals surface area contributed by atoms with Gasteiger partial charge in [-0.3, -0.25) is 19.0 Å². The monoisotopic (exact) mass is 388 g/mol. The second-order valence-electron chi connectivity index (χ2n) is 7.93. The fraction of sp³-hybridized carbons (Fsp3) is 0.579. The zero-order valence-electron chi connectivity index (χ0n) is 15.8. The van der Waals surface area contributed by atoms with Crippen molar-refractivity contribution in [3.05, 3.63) is 28.1 Å². The molecule has 0 N–H and O–H groups in total. The molecule has 0 aromatic carbocycles. The number of likely N-dealkylation sites (tertiary alicyclic amines) is 2. The number of rotatable bonds is 4. The van der Waals surface area contributed by atoms with Crippen molar-refractivity contribution in [2.24, 2.45) is 11.8 Å². The summed E-state index contributed by atoms with van der Waals surface area (Å²) in [4.78, 5) is 46.7. The molecule has 144 valence electrons. The third-order valence-electron chi connectivity index (χ3n) is 5.99. The van der Waals surface area contributed by atoms with Gasteiger partial charge in [-0.2, -0.15) is 0 Å². The molecule has 4 rings (SSSR count). The number of piperazine rings is 1. The van der Waals surface area contributed by atoms with E-state index in [0.29, 0.717) is 29.2 Å². The van der Waals surface area contributed by atoms with E-state index in [9.17, 15) is 14.4 Å². The highest BCUT2D eigenvalue weighted by Crippen LogP contribution is 2.32. The fourth-order valence-electron chi connectivity index (χ4n) is 4.03. The molecule has 2 saturated heterocycles. The topological polar surface area (TPSA) is 75.5 Å². The van der Waals surface area contributed by atoms with E-state index >= 15 is 0 Å². The Morgan fingerprint density at radius 2 is 1.93 bits per heavy atom. The van der Waals surface area contributed by atoms with Crippen molar-refractivity contribution in [1.82, 2.24) is 19.4 Å². The molecule has 0 spiro atoms. The molecule has 2 aliphatic heterocycles. The normalized spacial score (nSPS) is 22.8. The van der Waals surface area contributed by atoms with Crippen molar-refractivity contribution < 1.29 is 9.59 Å². The molecule has 7 nitrogen and oxygen atoms in total. The van der Waals surface area contributed by atoms with Crippen LogP contribution in [0, 0.1) is 11.8 Å². The molecule has 3 atom stereocenters. The highest BCUT2D eigenvalue weighted by Gasteiger charge is 2.47. The predicted molar refractivity (Wildman–Crippen MR) is 104 cm³/mol. The molecular weight excluding hydrogens is 364 g/mol. The van der Waals surface area contributed by atoms with Crippen LogP contribution in [0.5, 0.6) is 0 Å². The van der Waals surface area contributed by atoms with Crippen molar-refractivity contribution in [3.63, 3.8) is 0 Å². The minimum atomic E-state index is -0.179. The number of thiophene rings is 1. The molecule has 1 unspecified atom stereocenters. The Labute approximate surface area is 161 Å². The van der Waals surface area contributed by atoms with Crippen LogP contribution in [0.2, 0.25) is 0 Å². The maximum atomic E-state index is 12.8. The summed E-state index contributed by atoms with van der Waals surface area (Å²) in [6.07, 6.45) is 2.28. The summed E-state index contributed by atoms with van der Waals surface area (Å²) >= 11 is 1.41. The van der Waals surface area contributed by atoms with Gasteiger partial charge in [-0.15, -0.1) is 11.3 Å². The van der Waals surface area contributed by atoms with Crippen LogP contribution in [-0.4, -0.2) is 56.3 Å². The van der Waals surface area contributed by atoms with Crippen LogP contribution in [0.4, 0.5) is 0 Å². The van der Waals surface area contributed by atoms with Crippen LogP contribution in [-0.2, 0) is 16.1 Å². The first kappa shape index (κ1) is 18.2. The first-order valence-corrected chi connectivity index (χ1v) is 10.3. The average molecular weight is 388 g/mol. The standard InChI is InChI=1S/C19H24N4O3S/c1-11(2)12(3)18(25)23-8-13-6-14(23)7-22(13)16(24)9-21-10-20-17-15(19(21)26)4-5-27-17/h4-5,10-14H,6-9H2,1-3H3/t12?,13-,14-/m0/s1. The molecule has 0 aliphatic carbocycles. The predicted octanol–water partition coefficient (Wildman–Crippen LogP) is 1.56. The van der Waals surface area contributed by atoms with Gasteiger partial charge in [0.15, 0.2) is 0 Å². The van der Waals surface area contributed by atoms with E-state index in [2.05, 4.69) is 18.8 Å². The number of aromatic nitrogens is 2. The first-order chi connectivity index (χ1) is 12.9. The Morgan fingerprint density at radius 1 is 1.22 bits per heavy atom. The summed E-state index contributed by atoms with van der Waals surface area (Å²) in [5.74, 6) is 0.411. The maximum absolute atomic E-state index is 12.8. The van der Waals surface area contributed by atoms with Gasteiger partial charge in [0.1, 0.15) is 11.4 Å². The molecule has 27 heavy (non-hydrogen) atoms. The van der Waals surface area contributed by atoms with E-state index in [1.54, 1.807) is 6.07 Å². The quantitative estimate of drug-likeness (QED) is 0.797. The number of hydrogen-bond acceptors (Lipinski definition) is 5. The zero-order valence-corrected chi connectivity index (χ0v) is 16.6. The molecule has 4 heterocycles. The van der Waals surface area contributed by atoms with Crippen LogP contribution in [0.15, 0.2) is 22.6 Å².